The van der Waals surface area contributed by atoms with E-state index in [1.165, 1.54) is 17.8 Å². The average Bonchev–Trinajstić information content (AvgIpc) is 2.25. The molecule has 0 aliphatic heterocycles. The zero-order valence-electron chi connectivity index (χ0n) is 8.76. The van der Waals surface area contributed by atoms with Crippen LogP contribution in [0.25, 0.3) is 0 Å². The number of carboxylic acid groups (broad SMARTS) is 1. The monoisotopic (exact) mass is 275 g/mol. The summed E-state index contributed by atoms with van der Waals surface area (Å²) in [6.45, 7) is 0. The van der Waals surface area contributed by atoms with Gasteiger partial charge in [0.25, 0.3) is 5.69 Å². The zero-order chi connectivity index (χ0) is 12.8. The Hall–Kier alpha value is -1.27. The standard InChI is InChI=1S/C10H10ClNO4S/c11-8-2-1-7(9(5-8)12(15)16)6-17-4-3-10(13)14/h1-2,5H,3-4,6H2,(H,13,14). The van der Waals surface area contributed by atoms with Gasteiger partial charge in [-0.1, -0.05) is 11.6 Å². The zero-order valence-corrected chi connectivity index (χ0v) is 10.3. The second-order valence-electron chi connectivity index (χ2n) is 3.23. The summed E-state index contributed by atoms with van der Waals surface area (Å²) in [6, 6.07) is 4.48. The third-order valence-corrected chi connectivity index (χ3v) is 3.20. The lowest BCUT2D eigenvalue weighted by atomic mass is 10.2. The Morgan fingerprint density at radius 3 is 2.82 bits per heavy atom. The molecule has 0 atom stereocenters. The van der Waals surface area contributed by atoms with E-state index in [1.54, 1.807) is 12.1 Å². The number of benzene rings is 1. The van der Waals surface area contributed by atoms with Crippen LogP contribution in [-0.2, 0) is 10.5 Å². The van der Waals surface area contributed by atoms with E-state index in [2.05, 4.69) is 0 Å². The molecule has 1 aromatic rings. The lowest BCUT2D eigenvalue weighted by Gasteiger charge is -2.02. The van der Waals surface area contributed by atoms with Gasteiger partial charge in [-0.25, -0.2) is 0 Å². The van der Waals surface area contributed by atoms with E-state index < -0.39 is 10.9 Å². The van der Waals surface area contributed by atoms with Gasteiger partial charge in [0, 0.05) is 28.2 Å². The molecule has 17 heavy (non-hydrogen) atoms. The third-order valence-electron chi connectivity index (χ3n) is 1.96. The van der Waals surface area contributed by atoms with Crippen LogP contribution in [0, 0.1) is 10.1 Å². The van der Waals surface area contributed by atoms with Crippen molar-refractivity contribution in [3.63, 3.8) is 0 Å². The van der Waals surface area contributed by atoms with Gasteiger partial charge in [-0.15, -0.1) is 0 Å². The summed E-state index contributed by atoms with van der Waals surface area (Å²) in [5, 5.41) is 19.5. The number of nitro groups is 1. The van der Waals surface area contributed by atoms with Gasteiger partial charge in [0.15, 0.2) is 0 Å². The minimum Gasteiger partial charge on any atom is -0.481 e. The molecule has 1 aromatic carbocycles. The van der Waals surface area contributed by atoms with E-state index in [1.807, 2.05) is 0 Å². The first-order valence-corrected chi connectivity index (χ1v) is 6.26. The van der Waals surface area contributed by atoms with Crippen molar-refractivity contribution >= 4 is 35.0 Å². The van der Waals surface area contributed by atoms with E-state index >= 15 is 0 Å². The molecule has 0 radical (unpaired) electrons. The topological polar surface area (TPSA) is 80.4 Å². The molecule has 5 nitrogen and oxygen atoms in total. The minimum atomic E-state index is -0.872. The Morgan fingerprint density at radius 1 is 1.53 bits per heavy atom. The van der Waals surface area contributed by atoms with Gasteiger partial charge in [0.2, 0.25) is 0 Å². The fraction of sp³-hybridized carbons (Fsp3) is 0.300. The van der Waals surface area contributed by atoms with Gasteiger partial charge >= 0.3 is 5.97 Å². The molecule has 0 saturated carbocycles. The molecule has 1 rings (SSSR count). The van der Waals surface area contributed by atoms with Crippen molar-refractivity contribution in [2.45, 2.75) is 12.2 Å². The lowest BCUT2D eigenvalue weighted by molar-refractivity contribution is -0.385. The van der Waals surface area contributed by atoms with Crippen molar-refractivity contribution in [2.75, 3.05) is 5.75 Å². The lowest BCUT2D eigenvalue weighted by Crippen LogP contribution is -1.98. The van der Waals surface area contributed by atoms with Crippen molar-refractivity contribution < 1.29 is 14.8 Å². The fourth-order valence-electron chi connectivity index (χ4n) is 1.17. The average molecular weight is 276 g/mol. The summed E-state index contributed by atoms with van der Waals surface area (Å²) >= 11 is 7.02. The van der Waals surface area contributed by atoms with Gasteiger partial charge < -0.3 is 5.11 Å². The predicted octanol–water partition coefficient (Wildman–Crippen LogP) is 2.96. The number of carboxylic acids is 1. The van der Waals surface area contributed by atoms with Crippen LogP contribution in [0.5, 0.6) is 0 Å². The maximum atomic E-state index is 10.8. The number of carbonyl (C=O) groups is 1. The number of nitro benzene ring substituents is 1. The van der Waals surface area contributed by atoms with E-state index in [0.29, 0.717) is 22.1 Å². The molecule has 0 unspecified atom stereocenters. The van der Waals surface area contributed by atoms with Gasteiger partial charge in [-0.3, -0.25) is 14.9 Å². The second-order valence-corrected chi connectivity index (χ2v) is 4.77. The fourth-order valence-corrected chi connectivity index (χ4v) is 2.26. The maximum Gasteiger partial charge on any atom is 0.304 e. The molecule has 0 saturated heterocycles. The van der Waals surface area contributed by atoms with Crippen LogP contribution in [0.15, 0.2) is 18.2 Å². The summed E-state index contributed by atoms with van der Waals surface area (Å²) in [4.78, 5) is 20.6. The molecule has 0 aromatic heterocycles. The van der Waals surface area contributed by atoms with E-state index in [4.69, 9.17) is 16.7 Å². The number of nitrogens with zero attached hydrogens (tertiary/aromatic N) is 1. The van der Waals surface area contributed by atoms with E-state index in [0.717, 1.165) is 0 Å². The van der Waals surface area contributed by atoms with Crippen molar-refractivity contribution in [1.82, 2.24) is 0 Å². The molecule has 0 heterocycles. The number of thioether (sulfide) groups is 1. The van der Waals surface area contributed by atoms with Crippen LogP contribution < -0.4 is 0 Å². The molecule has 92 valence electrons. The van der Waals surface area contributed by atoms with Crippen molar-refractivity contribution in [3.05, 3.63) is 38.9 Å². The highest BCUT2D eigenvalue weighted by Crippen LogP contribution is 2.26. The van der Waals surface area contributed by atoms with E-state index in [-0.39, 0.29) is 12.1 Å². The summed E-state index contributed by atoms with van der Waals surface area (Å²) < 4.78 is 0. The SMILES string of the molecule is O=C(O)CCSCc1ccc(Cl)cc1[N+](=O)[O-]. The molecule has 1 N–H and O–H groups in total. The highest BCUT2D eigenvalue weighted by molar-refractivity contribution is 7.98. The van der Waals surface area contributed by atoms with Crippen LogP contribution in [0.1, 0.15) is 12.0 Å². The summed E-state index contributed by atoms with van der Waals surface area (Å²) in [5.41, 5.74) is 0.523. The predicted molar refractivity (Wildman–Crippen MR) is 66.5 cm³/mol. The Balaban J connectivity index is 2.64. The molecular formula is C10H10ClNO4S. The number of halogens is 1. The molecule has 0 bridgehead atoms. The van der Waals surface area contributed by atoms with Gasteiger partial charge in [0.05, 0.1) is 11.3 Å². The Morgan fingerprint density at radius 2 is 2.24 bits per heavy atom. The molecular weight excluding hydrogens is 266 g/mol. The van der Waals surface area contributed by atoms with Crippen LogP contribution in [-0.4, -0.2) is 21.8 Å². The Kier molecular flexibility index (Phi) is 5.24. The first-order valence-electron chi connectivity index (χ1n) is 4.73. The first kappa shape index (κ1) is 13.8. The summed E-state index contributed by atoms with van der Waals surface area (Å²) in [5.74, 6) is -0.0429. The normalized spacial score (nSPS) is 10.2. The third kappa shape index (κ3) is 4.62. The molecule has 0 aliphatic rings. The largest absolute Gasteiger partial charge is 0.481 e. The molecule has 0 aliphatic carbocycles. The highest BCUT2D eigenvalue weighted by atomic mass is 35.5. The Labute approximate surface area is 107 Å². The van der Waals surface area contributed by atoms with Gasteiger partial charge in [-0.05, 0) is 12.1 Å². The molecule has 0 fully saturated rings. The summed E-state index contributed by atoms with van der Waals surface area (Å²) in [6.07, 6.45) is 0.0477. The van der Waals surface area contributed by atoms with Gasteiger partial charge in [-0.2, -0.15) is 11.8 Å². The smallest absolute Gasteiger partial charge is 0.304 e. The molecule has 0 spiro atoms. The molecule has 7 heteroatoms. The Bertz CT molecular complexity index is 438. The number of hydrogen-bond donors (Lipinski definition) is 1. The maximum absolute atomic E-state index is 10.8. The quantitative estimate of drug-likeness (QED) is 0.490. The highest BCUT2D eigenvalue weighted by Gasteiger charge is 2.13. The van der Waals surface area contributed by atoms with Crippen LogP contribution in [0.3, 0.4) is 0 Å². The molecule has 0 amide bonds. The van der Waals surface area contributed by atoms with Crippen LogP contribution in [0.4, 0.5) is 5.69 Å². The second kappa shape index (κ2) is 6.46. The van der Waals surface area contributed by atoms with Gasteiger partial charge in [0.1, 0.15) is 0 Å². The van der Waals surface area contributed by atoms with Crippen molar-refractivity contribution in [3.8, 4) is 0 Å². The number of rotatable bonds is 6. The van der Waals surface area contributed by atoms with Crippen LogP contribution >= 0.6 is 23.4 Å². The summed E-state index contributed by atoms with van der Waals surface area (Å²) in [7, 11) is 0. The minimum absolute atomic E-state index is 0.0275. The number of hydrogen-bond acceptors (Lipinski definition) is 4. The first-order chi connectivity index (χ1) is 8.00. The van der Waals surface area contributed by atoms with Crippen molar-refractivity contribution in [1.29, 1.82) is 0 Å². The van der Waals surface area contributed by atoms with Crippen LogP contribution in [0.2, 0.25) is 5.02 Å². The van der Waals surface area contributed by atoms with Crippen molar-refractivity contribution in [2.24, 2.45) is 0 Å². The van der Waals surface area contributed by atoms with E-state index in [9.17, 15) is 14.9 Å². The number of aliphatic carboxylic acids is 1.